The van der Waals surface area contributed by atoms with E-state index in [4.69, 9.17) is 4.74 Å². The van der Waals surface area contributed by atoms with Crippen LogP contribution < -0.4 is 10.6 Å². The molecule has 0 spiro atoms. The molecular formula is C11H22N6O2S. The standard InChI is InChI=1S/C11H22N6O2S/c1-4-12-5-6-17-11(14-15-16-17)20-8-10(18)13-9(2)7-19-3/h9,12H,4-8H2,1-3H3,(H,13,18). The van der Waals surface area contributed by atoms with Gasteiger partial charge in [-0.15, -0.1) is 5.10 Å². The van der Waals surface area contributed by atoms with Gasteiger partial charge in [0.15, 0.2) is 0 Å². The molecule has 0 bridgehead atoms. The molecule has 0 aromatic carbocycles. The van der Waals surface area contributed by atoms with Gasteiger partial charge in [0.25, 0.3) is 0 Å². The zero-order valence-corrected chi connectivity index (χ0v) is 12.9. The molecule has 9 heteroatoms. The number of tetrazole rings is 1. The summed E-state index contributed by atoms with van der Waals surface area (Å²) in [6, 6.07) is -0.00199. The van der Waals surface area contributed by atoms with Crippen molar-refractivity contribution in [2.24, 2.45) is 0 Å². The molecule has 2 N–H and O–H groups in total. The number of rotatable bonds is 10. The van der Waals surface area contributed by atoms with Crippen LogP contribution in [0, 0.1) is 0 Å². The van der Waals surface area contributed by atoms with Crippen molar-refractivity contribution in [3.05, 3.63) is 0 Å². The number of hydrogen-bond acceptors (Lipinski definition) is 7. The number of aromatic nitrogens is 4. The number of ether oxygens (including phenoxy) is 1. The average Bonchev–Trinajstić information content (AvgIpc) is 2.84. The van der Waals surface area contributed by atoms with Crippen molar-refractivity contribution in [3.63, 3.8) is 0 Å². The smallest absolute Gasteiger partial charge is 0.230 e. The van der Waals surface area contributed by atoms with Crippen LogP contribution in [0.4, 0.5) is 0 Å². The minimum absolute atomic E-state index is 0.00199. The molecule has 1 unspecified atom stereocenters. The van der Waals surface area contributed by atoms with Gasteiger partial charge in [0, 0.05) is 19.7 Å². The van der Waals surface area contributed by atoms with Crippen molar-refractivity contribution in [1.29, 1.82) is 0 Å². The number of methoxy groups -OCH3 is 1. The summed E-state index contributed by atoms with van der Waals surface area (Å²) in [5.74, 6) is 0.233. The van der Waals surface area contributed by atoms with Crippen molar-refractivity contribution in [3.8, 4) is 0 Å². The number of hydrogen-bond donors (Lipinski definition) is 2. The van der Waals surface area contributed by atoms with E-state index < -0.39 is 0 Å². The van der Waals surface area contributed by atoms with Crippen LogP contribution in [0.15, 0.2) is 5.16 Å². The summed E-state index contributed by atoms with van der Waals surface area (Å²) in [7, 11) is 1.61. The molecule has 1 aromatic heterocycles. The summed E-state index contributed by atoms with van der Waals surface area (Å²) >= 11 is 1.33. The molecule has 0 fully saturated rings. The monoisotopic (exact) mass is 302 g/mol. The highest BCUT2D eigenvalue weighted by Gasteiger charge is 2.11. The van der Waals surface area contributed by atoms with Gasteiger partial charge in [-0.05, 0) is 23.9 Å². The Hall–Kier alpha value is -1.19. The van der Waals surface area contributed by atoms with Crippen LogP contribution >= 0.6 is 11.8 Å². The van der Waals surface area contributed by atoms with Crippen LogP contribution in [0.2, 0.25) is 0 Å². The topological polar surface area (TPSA) is 94.0 Å². The van der Waals surface area contributed by atoms with Crippen LogP contribution in [0.25, 0.3) is 0 Å². The fraction of sp³-hybridized carbons (Fsp3) is 0.818. The SMILES string of the molecule is CCNCCn1nnnc1SCC(=O)NC(C)COC. The summed E-state index contributed by atoms with van der Waals surface area (Å²) in [5, 5.41) is 18.1. The molecule has 1 aromatic rings. The van der Waals surface area contributed by atoms with E-state index in [2.05, 4.69) is 26.2 Å². The molecule has 0 radical (unpaired) electrons. The molecular weight excluding hydrogens is 280 g/mol. The van der Waals surface area contributed by atoms with Gasteiger partial charge in [0.1, 0.15) is 0 Å². The van der Waals surface area contributed by atoms with Crippen molar-refractivity contribution in [1.82, 2.24) is 30.8 Å². The maximum atomic E-state index is 11.7. The molecule has 0 aliphatic carbocycles. The molecule has 8 nitrogen and oxygen atoms in total. The van der Waals surface area contributed by atoms with Crippen LogP contribution in [-0.4, -0.2) is 64.7 Å². The Kier molecular flexibility index (Phi) is 8.16. The highest BCUT2D eigenvalue weighted by atomic mass is 32.2. The van der Waals surface area contributed by atoms with Gasteiger partial charge >= 0.3 is 0 Å². The van der Waals surface area contributed by atoms with Crippen molar-refractivity contribution in [2.75, 3.05) is 32.6 Å². The largest absolute Gasteiger partial charge is 0.383 e. The third-order valence-corrected chi connectivity index (χ3v) is 3.36. The highest BCUT2D eigenvalue weighted by molar-refractivity contribution is 7.99. The minimum Gasteiger partial charge on any atom is -0.383 e. The van der Waals surface area contributed by atoms with Crippen LogP contribution in [0.5, 0.6) is 0 Å². The van der Waals surface area contributed by atoms with Gasteiger partial charge in [-0.25, -0.2) is 4.68 Å². The van der Waals surface area contributed by atoms with Gasteiger partial charge in [0.2, 0.25) is 11.1 Å². The van der Waals surface area contributed by atoms with Gasteiger partial charge in [-0.3, -0.25) is 4.79 Å². The first kappa shape index (κ1) is 16.9. The van der Waals surface area contributed by atoms with Crippen LogP contribution in [-0.2, 0) is 16.1 Å². The lowest BCUT2D eigenvalue weighted by Gasteiger charge is -2.12. The van der Waals surface area contributed by atoms with E-state index in [0.717, 1.165) is 13.1 Å². The molecule has 1 rings (SSSR count). The van der Waals surface area contributed by atoms with Gasteiger partial charge in [0.05, 0.1) is 18.9 Å². The summed E-state index contributed by atoms with van der Waals surface area (Å²) in [6.45, 7) is 6.82. The van der Waals surface area contributed by atoms with E-state index >= 15 is 0 Å². The second-order valence-electron chi connectivity index (χ2n) is 4.25. The normalized spacial score (nSPS) is 12.3. The molecule has 1 amide bonds. The first-order valence-corrected chi connectivity index (χ1v) is 7.53. The Bertz CT molecular complexity index is 400. The highest BCUT2D eigenvalue weighted by Crippen LogP contribution is 2.12. The molecule has 0 aliphatic heterocycles. The number of nitrogens with zero attached hydrogens (tertiary/aromatic N) is 4. The Balaban J connectivity index is 2.34. The van der Waals surface area contributed by atoms with E-state index in [-0.39, 0.29) is 17.7 Å². The molecule has 0 saturated carbocycles. The van der Waals surface area contributed by atoms with E-state index in [9.17, 15) is 4.79 Å². The predicted octanol–water partition coefficient (Wildman–Crippen LogP) is -0.474. The average molecular weight is 302 g/mol. The third kappa shape index (κ3) is 6.31. The quantitative estimate of drug-likeness (QED) is 0.445. The van der Waals surface area contributed by atoms with E-state index in [1.807, 2.05) is 13.8 Å². The maximum absolute atomic E-state index is 11.7. The third-order valence-electron chi connectivity index (χ3n) is 2.41. The lowest BCUT2D eigenvalue weighted by atomic mass is 10.3. The maximum Gasteiger partial charge on any atom is 0.230 e. The molecule has 0 aliphatic rings. The Morgan fingerprint density at radius 2 is 2.35 bits per heavy atom. The summed E-state index contributed by atoms with van der Waals surface area (Å²) in [5.41, 5.74) is 0. The van der Waals surface area contributed by atoms with Gasteiger partial charge in [-0.2, -0.15) is 0 Å². The van der Waals surface area contributed by atoms with Crippen molar-refractivity contribution in [2.45, 2.75) is 31.6 Å². The van der Waals surface area contributed by atoms with Crippen LogP contribution in [0.1, 0.15) is 13.8 Å². The number of carbonyl (C=O) groups is 1. The number of nitrogens with one attached hydrogen (secondary N) is 2. The number of carbonyl (C=O) groups excluding carboxylic acids is 1. The summed E-state index contributed by atoms with van der Waals surface area (Å²) in [4.78, 5) is 11.7. The zero-order chi connectivity index (χ0) is 14.8. The Labute approximate surface area is 123 Å². The molecule has 1 atom stereocenters. The molecule has 1 heterocycles. The zero-order valence-electron chi connectivity index (χ0n) is 12.1. The second kappa shape index (κ2) is 9.67. The minimum atomic E-state index is -0.0548. The number of likely N-dealkylation sites (N-methyl/N-ethyl adjacent to an activating group) is 1. The van der Waals surface area contributed by atoms with Gasteiger partial charge in [-0.1, -0.05) is 18.7 Å². The van der Waals surface area contributed by atoms with E-state index in [0.29, 0.717) is 18.3 Å². The lowest BCUT2D eigenvalue weighted by molar-refractivity contribution is -0.119. The van der Waals surface area contributed by atoms with Crippen LogP contribution in [0.3, 0.4) is 0 Å². The molecule has 114 valence electrons. The number of amides is 1. The fourth-order valence-corrected chi connectivity index (χ4v) is 2.25. The van der Waals surface area contributed by atoms with Crippen molar-refractivity contribution >= 4 is 17.7 Å². The van der Waals surface area contributed by atoms with Gasteiger partial charge < -0.3 is 15.4 Å². The summed E-state index contributed by atoms with van der Waals surface area (Å²) < 4.78 is 6.66. The van der Waals surface area contributed by atoms with E-state index in [1.165, 1.54) is 11.8 Å². The Morgan fingerprint density at radius 3 is 3.05 bits per heavy atom. The Morgan fingerprint density at radius 1 is 1.55 bits per heavy atom. The molecule has 20 heavy (non-hydrogen) atoms. The lowest BCUT2D eigenvalue weighted by Crippen LogP contribution is -2.36. The van der Waals surface area contributed by atoms with E-state index in [1.54, 1.807) is 11.8 Å². The predicted molar refractivity (Wildman–Crippen MR) is 76.6 cm³/mol. The fourth-order valence-electron chi connectivity index (χ4n) is 1.54. The first-order valence-electron chi connectivity index (χ1n) is 6.55. The molecule has 0 saturated heterocycles. The number of thioether (sulfide) groups is 1. The second-order valence-corrected chi connectivity index (χ2v) is 5.19. The summed E-state index contributed by atoms with van der Waals surface area (Å²) in [6.07, 6.45) is 0. The van der Waals surface area contributed by atoms with Crippen molar-refractivity contribution < 1.29 is 9.53 Å². The first-order chi connectivity index (χ1) is 9.67.